The molecular formula is C11H14N4OS. The number of tetrazole rings is 1. The van der Waals surface area contributed by atoms with Crippen molar-refractivity contribution in [2.24, 2.45) is 0 Å². The predicted octanol–water partition coefficient (Wildman–Crippen LogP) is 1.53. The van der Waals surface area contributed by atoms with E-state index in [1.54, 1.807) is 16.4 Å². The molecule has 0 amide bonds. The van der Waals surface area contributed by atoms with Crippen molar-refractivity contribution in [3.8, 4) is 5.69 Å². The number of hydrogen-bond donors (Lipinski definition) is 1. The van der Waals surface area contributed by atoms with Gasteiger partial charge in [-0.1, -0.05) is 30.0 Å². The lowest BCUT2D eigenvalue weighted by Gasteiger charge is -2.03. The Balaban J connectivity index is 2.02. The molecule has 1 heterocycles. The Morgan fingerprint density at radius 2 is 2.00 bits per heavy atom. The average molecular weight is 250 g/mol. The minimum Gasteiger partial charge on any atom is -0.396 e. The summed E-state index contributed by atoms with van der Waals surface area (Å²) in [6.45, 7) is 0.240. The maximum Gasteiger partial charge on any atom is 0.214 e. The molecule has 6 heteroatoms. The molecule has 0 unspecified atom stereocenters. The van der Waals surface area contributed by atoms with Crippen LogP contribution in [0.4, 0.5) is 0 Å². The molecule has 90 valence electrons. The fraction of sp³-hybridized carbons (Fsp3) is 0.364. The Hall–Kier alpha value is -1.40. The van der Waals surface area contributed by atoms with Crippen LogP contribution in [0.5, 0.6) is 0 Å². The SMILES string of the molecule is OCCCCSc1nnnn1-c1ccccc1. The lowest BCUT2D eigenvalue weighted by molar-refractivity contribution is 0.287. The summed E-state index contributed by atoms with van der Waals surface area (Å²) in [5.41, 5.74) is 0.960. The zero-order valence-corrected chi connectivity index (χ0v) is 10.2. The Kier molecular flexibility index (Phi) is 4.52. The van der Waals surface area contributed by atoms with Crippen molar-refractivity contribution in [2.75, 3.05) is 12.4 Å². The number of benzene rings is 1. The number of aliphatic hydroxyl groups excluding tert-OH is 1. The Bertz CT molecular complexity index is 446. The zero-order valence-electron chi connectivity index (χ0n) is 9.36. The second-order valence-corrected chi connectivity index (χ2v) is 4.55. The van der Waals surface area contributed by atoms with E-state index in [1.165, 1.54) is 0 Å². The minimum atomic E-state index is 0.240. The zero-order chi connectivity index (χ0) is 11.9. The van der Waals surface area contributed by atoms with Crippen LogP contribution in [-0.4, -0.2) is 37.7 Å². The molecule has 0 aliphatic rings. The minimum absolute atomic E-state index is 0.240. The van der Waals surface area contributed by atoms with Crippen LogP contribution in [0.2, 0.25) is 0 Å². The molecule has 5 nitrogen and oxygen atoms in total. The molecule has 17 heavy (non-hydrogen) atoms. The monoisotopic (exact) mass is 250 g/mol. The molecule has 0 spiro atoms. The third kappa shape index (κ3) is 3.28. The number of aliphatic hydroxyl groups is 1. The molecule has 2 aromatic rings. The van der Waals surface area contributed by atoms with E-state index in [0.29, 0.717) is 0 Å². The highest BCUT2D eigenvalue weighted by atomic mass is 32.2. The molecule has 1 aromatic heterocycles. The average Bonchev–Trinajstić information content (AvgIpc) is 2.84. The van der Waals surface area contributed by atoms with Gasteiger partial charge in [-0.2, -0.15) is 4.68 Å². The Labute approximate surface area is 104 Å². The van der Waals surface area contributed by atoms with Gasteiger partial charge in [0.15, 0.2) is 0 Å². The highest BCUT2D eigenvalue weighted by Crippen LogP contribution is 2.18. The maximum absolute atomic E-state index is 8.70. The summed E-state index contributed by atoms with van der Waals surface area (Å²) in [5.74, 6) is 0.910. The fourth-order valence-electron chi connectivity index (χ4n) is 1.38. The molecule has 0 fully saturated rings. The van der Waals surface area contributed by atoms with E-state index in [-0.39, 0.29) is 6.61 Å². The molecule has 1 N–H and O–H groups in total. The van der Waals surface area contributed by atoms with Crippen LogP contribution in [0.15, 0.2) is 35.5 Å². The third-order valence-corrected chi connectivity index (χ3v) is 3.23. The van der Waals surface area contributed by atoms with E-state index in [9.17, 15) is 0 Å². The first kappa shape index (κ1) is 12.1. The summed E-state index contributed by atoms with van der Waals surface area (Å²) >= 11 is 1.60. The van der Waals surface area contributed by atoms with E-state index in [0.717, 1.165) is 29.4 Å². The van der Waals surface area contributed by atoms with E-state index >= 15 is 0 Å². The van der Waals surface area contributed by atoms with Crippen LogP contribution in [0.3, 0.4) is 0 Å². The first-order valence-electron chi connectivity index (χ1n) is 5.49. The van der Waals surface area contributed by atoms with Gasteiger partial charge in [-0.15, -0.1) is 5.10 Å². The lowest BCUT2D eigenvalue weighted by atomic mass is 10.3. The van der Waals surface area contributed by atoms with Crippen molar-refractivity contribution in [3.05, 3.63) is 30.3 Å². The van der Waals surface area contributed by atoms with Gasteiger partial charge in [0, 0.05) is 12.4 Å². The summed E-state index contributed by atoms with van der Waals surface area (Å²) in [6, 6.07) is 9.80. The van der Waals surface area contributed by atoms with E-state index in [1.807, 2.05) is 30.3 Å². The van der Waals surface area contributed by atoms with Crippen molar-refractivity contribution in [1.82, 2.24) is 20.2 Å². The van der Waals surface area contributed by atoms with Crippen molar-refractivity contribution in [1.29, 1.82) is 0 Å². The molecule has 2 rings (SSSR count). The molecule has 0 aliphatic carbocycles. The highest BCUT2D eigenvalue weighted by molar-refractivity contribution is 7.99. The van der Waals surface area contributed by atoms with Gasteiger partial charge < -0.3 is 5.11 Å². The van der Waals surface area contributed by atoms with Gasteiger partial charge in [-0.25, -0.2) is 0 Å². The number of aromatic nitrogens is 4. The first-order chi connectivity index (χ1) is 8.42. The number of nitrogens with zero attached hydrogens (tertiary/aromatic N) is 4. The van der Waals surface area contributed by atoms with Crippen LogP contribution in [-0.2, 0) is 0 Å². The number of hydrogen-bond acceptors (Lipinski definition) is 5. The van der Waals surface area contributed by atoms with Gasteiger partial charge >= 0.3 is 0 Å². The fourth-order valence-corrected chi connectivity index (χ4v) is 2.27. The quantitative estimate of drug-likeness (QED) is 0.622. The number of unbranched alkanes of at least 4 members (excludes halogenated alkanes) is 1. The van der Waals surface area contributed by atoms with Gasteiger partial charge in [0.05, 0.1) is 5.69 Å². The molecule has 1 aromatic carbocycles. The van der Waals surface area contributed by atoms with E-state index < -0.39 is 0 Å². The molecule has 0 atom stereocenters. The first-order valence-corrected chi connectivity index (χ1v) is 6.48. The summed E-state index contributed by atoms with van der Waals surface area (Å²) in [4.78, 5) is 0. The summed E-state index contributed by atoms with van der Waals surface area (Å²) < 4.78 is 1.73. The highest BCUT2D eigenvalue weighted by Gasteiger charge is 2.07. The van der Waals surface area contributed by atoms with Crippen molar-refractivity contribution >= 4 is 11.8 Å². The summed E-state index contributed by atoms with van der Waals surface area (Å²) in [7, 11) is 0. The molecule has 0 aliphatic heterocycles. The largest absolute Gasteiger partial charge is 0.396 e. The maximum atomic E-state index is 8.70. The number of para-hydroxylation sites is 1. The van der Waals surface area contributed by atoms with Crippen LogP contribution in [0.25, 0.3) is 5.69 Å². The van der Waals surface area contributed by atoms with Crippen LogP contribution < -0.4 is 0 Å². The molecular weight excluding hydrogens is 236 g/mol. The van der Waals surface area contributed by atoms with Crippen LogP contribution in [0, 0.1) is 0 Å². The van der Waals surface area contributed by atoms with Gasteiger partial charge in [0.25, 0.3) is 0 Å². The van der Waals surface area contributed by atoms with Crippen molar-refractivity contribution < 1.29 is 5.11 Å². The second-order valence-electron chi connectivity index (χ2n) is 3.49. The molecule has 0 radical (unpaired) electrons. The summed E-state index contributed by atoms with van der Waals surface area (Å²) in [5, 5.41) is 21.1. The van der Waals surface area contributed by atoms with E-state index in [4.69, 9.17) is 5.11 Å². The van der Waals surface area contributed by atoms with Gasteiger partial charge in [-0.3, -0.25) is 0 Å². The summed E-state index contributed by atoms with van der Waals surface area (Å²) in [6.07, 6.45) is 1.78. The van der Waals surface area contributed by atoms with Crippen LogP contribution in [0.1, 0.15) is 12.8 Å². The predicted molar refractivity (Wildman–Crippen MR) is 66.2 cm³/mol. The molecule has 0 saturated carbocycles. The van der Waals surface area contributed by atoms with Gasteiger partial charge in [-0.05, 0) is 35.4 Å². The lowest BCUT2D eigenvalue weighted by Crippen LogP contribution is -1.99. The van der Waals surface area contributed by atoms with Crippen molar-refractivity contribution in [3.63, 3.8) is 0 Å². The van der Waals surface area contributed by atoms with E-state index in [2.05, 4.69) is 15.5 Å². The number of thioether (sulfide) groups is 1. The van der Waals surface area contributed by atoms with Crippen molar-refractivity contribution in [2.45, 2.75) is 18.0 Å². The second kappa shape index (κ2) is 6.36. The third-order valence-electron chi connectivity index (χ3n) is 2.23. The Morgan fingerprint density at radius 3 is 2.76 bits per heavy atom. The van der Waals surface area contributed by atoms with Gasteiger partial charge in [0.1, 0.15) is 0 Å². The smallest absolute Gasteiger partial charge is 0.214 e. The van der Waals surface area contributed by atoms with Crippen LogP contribution >= 0.6 is 11.8 Å². The standard InChI is InChI=1S/C11H14N4OS/c16-8-4-5-9-17-11-12-13-14-15(11)10-6-2-1-3-7-10/h1-3,6-7,16H,4-5,8-9H2. The van der Waals surface area contributed by atoms with Gasteiger partial charge in [0.2, 0.25) is 5.16 Å². The normalized spacial score (nSPS) is 10.6. The topological polar surface area (TPSA) is 63.8 Å². The molecule has 0 saturated heterocycles. The number of rotatable bonds is 6. The molecule has 0 bridgehead atoms. The Morgan fingerprint density at radius 1 is 1.18 bits per heavy atom.